The van der Waals surface area contributed by atoms with Gasteiger partial charge in [-0.15, -0.1) is 0 Å². The maximum absolute atomic E-state index is 12.4. The summed E-state index contributed by atoms with van der Waals surface area (Å²) in [5, 5.41) is 25.6. The molecular formula is C13H20F3N3O2. The number of rotatable bonds is 6. The van der Waals surface area contributed by atoms with Crippen molar-refractivity contribution in [2.24, 2.45) is 12.5 Å². The van der Waals surface area contributed by atoms with Crippen LogP contribution < -0.4 is 5.32 Å². The zero-order valence-corrected chi connectivity index (χ0v) is 11.8. The number of aryl methyl sites for hydroxylation is 1. The highest BCUT2D eigenvalue weighted by atomic mass is 19.4. The van der Waals surface area contributed by atoms with Gasteiger partial charge in [-0.2, -0.15) is 18.3 Å². The second-order valence-electron chi connectivity index (χ2n) is 5.72. The molecular weight excluding hydrogens is 287 g/mol. The molecule has 0 aromatic carbocycles. The summed E-state index contributed by atoms with van der Waals surface area (Å²) in [6.45, 7) is -0.716. The average molecular weight is 307 g/mol. The third-order valence-corrected chi connectivity index (χ3v) is 4.23. The van der Waals surface area contributed by atoms with Crippen LogP contribution in [0.3, 0.4) is 0 Å². The topological polar surface area (TPSA) is 70.3 Å². The van der Waals surface area contributed by atoms with Gasteiger partial charge in [-0.25, -0.2) is 0 Å². The average Bonchev–Trinajstić information content (AvgIpc) is 2.77. The zero-order valence-electron chi connectivity index (χ0n) is 11.8. The molecule has 1 fully saturated rings. The number of halogens is 3. The van der Waals surface area contributed by atoms with Crippen molar-refractivity contribution in [3.8, 4) is 0 Å². The lowest BCUT2D eigenvalue weighted by Gasteiger charge is -2.47. The first kappa shape index (κ1) is 16.3. The third kappa shape index (κ3) is 3.38. The van der Waals surface area contributed by atoms with E-state index in [1.807, 2.05) is 0 Å². The first-order chi connectivity index (χ1) is 9.78. The zero-order chi connectivity index (χ0) is 15.7. The minimum absolute atomic E-state index is 0.109. The molecule has 2 atom stereocenters. The van der Waals surface area contributed by atoms with Crippen molar-refractivity contribution < 1.29 is 23.4 Å². The van der Waals surface area contributed by atoms with E-state index in [2.05, 4.69) is 10.4 Å². The van der Waals surface area contributed by atoms with E-state index >= 15 is 0 Å². The van der Waals surface area contributed by atoms with Gasteiger partial charge in [0.15, 0.2) is 6.10 Å². The van der Waals surface area contributed by atoms with Crippen LogP contribution in [0.4, 0.5) is 13.2 Å². The Morgan fingerprint density at radius 2 is 2.14 bits per heavy atom. The summed E-state index contributed by atoms with van der Waals surface area (Å²) in [5.74, 6) is 0. The monoisotopic (exact) mass is 307 g/mol. The van der Waals surface area contributed by atoms with Crippen LogP contribution in [0.15, 0.2) is 12.4 Å². The highest BCUT2D eigenvalue weighted by Gasteiger charge is 2.46. The van der Waals surface area contributed by atoms with Gasteiger partial charge in [0.25, 0.3) is 0 Å². The molecule has 0 radical (unpaired) electrons. The van der Waals surface area contributed by atoms with Crippen LogP contribution in [-0.4, -0.2) is 45.4 Å². The molecule has 1 aromatic heterocycles. The van der Waals surface area contributed by atoms with Crippen molar-refractivity contribution >= 4 is 0 Å². The minimum atomic E-state index is -4.65. The first-order valence-electron chi connectivity index (χ1n) is 6.86. The fraction of sp³-hybridized carbons (Fsp3) is 0.769. The van der Waals surface area contributed by atoms with E-state index in [1.54, 1.807) is 24.1 Å². The second-order valence-corrected chi connectivity index (χ2v) is 5.72. The molecule has 1 aliphatic rings. The molecule has 3 N–H and O–H groups in total. The van der Waals surface area contributed by atoms with Crippen LogP contribution in [0.1, 0.15) is 30.9 Å². The number of nitrogens with zero attached hydrogens (tertiary/aromatic N) is 2. The van der Waals surface area contributed by atoms with E-state index < -0.39 is 30.3 Å². The Morgan fingerprint density at radius 3 is 2.52 bits per heavy atom. The van der Waals surface area contributed by atoms with E-state index in [0.717, 1.165) is 24.8 Å². The van der Waals surface area contributed by atoms with Crippen molar-refractivity contribution in [2.75, 3.05) is 13.2 Å². The van der Waals surface area contributed by atoms with Gasteiger partial charge in [-0.05, 0) is 12.8 Å². The quantitative estimate of drug-likeness (QED) is 0.737. The summed E-state index contributed by atoms with van der Waals surface area (Å²) in [4.78, 5) is 0. The van der Waals surface area contributed by atoms with Crippen molar-refractivity contribution in [3.05, 3.63) is 18.0 Å². The third-order valence-electron chi connectivity index (χ3n) is 4.23. The lowest BCUT2D eigenvalue weighted by Crippen LogP contribution is -2.49. The maximum atomic E-state index is 12.4. The summed E-state index contributed by atoms with van der Waals surface area (Å²) >= 11 is 0. The van der Waals surface area contributed by atoms with Gasteiger partial charge in [-0.1, -0.05) is 6.42 Å². The molecule has 8 heteroatoms. The van der Waals surface area contributed by atoms with Crippen molar-refractivity contribution in [1.29, 1.82) is 0 Å². The number of hydrogen-bond donors (Lipinski definition) is 3. The normalized spacial score (nSPS) is 20.9. The van der Waals surface area contributed by atoms with E-state index in [-0.39, 0.29) is 6.61 Å². The van der Waals surface area contributed by atoms with Gasteiger partial charge in [-0.3, -0.25) is 4.68 Å². The Morgan fingerprint density at radius 1 is 1.48 bits per heavy atom. The summed E-state index contributed by atoms with van der Waals surface area (Å²) in [7, 11) is 1.72. The Kier molecular flexibility index (Phi) is 4.60. The van der Waals surface area contributed by atoms with Gasteiger partial charge in [0.1, 0.15) is 0 Å². The second kappa shape index (κ2) is 5.94. The van der Waals surface area contributed by atoms with Gasteiger partial charge < -0.3 is 15.5 Å². The SMILES string of the molecule is Cn1cc([C@@H](NC[C@H](O)C(F)(F)F)C2(CO)CCC2)cn1. The lowest BCUT2D eigenvalue weighted by molar-refractivity contribution is -0.203. The molecule has 120 valence electrons. The highest BCUT2D eigenvalue weighted by molar-refractivity contribution is 5.17. The largest absolute Gasteiger partial charge is 0.415 e. The van der Waals surface area contributed by atoms with Crippen molar-refractivity contribution in [3.63, 3.8) is 0 Å². The number of hydrogen-bond acceptors (Lipinski definition) is 4. The van der Waals surface area contributed by atoms with E-state index in [4.69, 9.17) is 5.11 Å². The van der Waals surface area contributed by atoms with E-state index in [1.165, 1.54) is 0 Å². The number of nitrogens with one attached hydrogen (secondary N) is 1. The van der Waals surface area contributed by atoms with Gasteiger partial charge in [0, 0.05) is 36.8 Å². The smallest absolute Gasteiger partial charge is 0.396 e. The summed E-state index contributed by atoms with van der Waals surface area (Å²) in [6.07, 6.45) is -1.39. The first-order valence-corrected chi connectivity index (χ1v) is 6.86. The number of aliphatic hydroxyl groups excluding tert-OH is 2. The summed E-state index contributed by atoms with van der Waals surface area (Å²) < 4.78 is 38.8. The molecule has 2 rings (SSSR count). The van der Waals surface area contributed by atoms with Gasteiger partial charge in [0.2, 0.25) is 0 Å². The molecule has 1 aliphatic carbocycles. The van der Waals surface area contributed by atoms with Gasteiger partial charge >= 0.3 is 6.18 Å². The Hall–Kier alpha value is -1.12. The fourth-order valence-corrected chi connectivity index (χ4v) is 2.79. The summed E-state index contributed by atoms with van der Waals surface area (Å²) in [5.41, 5.74) is 0.245. The van der Waals surface area contributed by atoms with Crippen LogP contribution in [0.2, 0.25) is 0 Å². The van der Waals surface area contributed by atoms with Crippen LogP contribution in [-0.2, 0) is 7.05 Å². The van der Waals surface area contributed by atoms with Crippen molar-refractivity contribution in [1.82, 2.24) is 15.1 Å². The Balaban J connectivity index is 2.13. The van der Waals surface area contributed by atoms with Crippen LogP contribution >= 0.6 is 0 Å². The molecule has 0 aliphatic heterocycles. The Bertz CT molecular complexity index is 466. The molecule has 0 saturated heterocycles. The minimum Gasteiger partial charge on any atom is -0.396 e. The van der Waals surface area contributed by atoms with Gasteiger partial charge in [0.05, 0.1) is 12.8 Å². The Labute approximate surface area is 120 Å². The molecule has 0 amide bonds. The molecule has 1 aromatic rings. The molecule has 0 bridgehead atoms. The van der Waals surface area contributed by atoms with Crippen molar-refractivity contribution in [2.45, 2.75) is 37.6 Å². The molecule has 21 heavy (non-hydrogen) atoms. The van der Waals surface area contributed by atoms with Crippen LogP contribution in [0.5, 0.6) is 0 Å². The van der Waals surface area contributed by atoms with Crippen LogP contribution in [0.25, 0.3) is 0 Å². The number of aromatic nitrogens is 2. The molecule has 5 nitrogen and oxygen atoms in total. The predicted molar refractivity (Wildman–Crippen MR) is 69.4 cm³/mol. The lowest BCUT2D eigenvalue weighted by atomic mass is 9.63. The fourth-order valence-electron chi connectivity index (χ4n) is 2.79. The predicted octanol–water partition coefficient (Wildman–Crippen LogP) is 1.14. The number of alkyl halides is 3. The number of aliphatic hydroxyl groups is 2. The van der Waals surface area contributed by atoms with E-state index in [0.29, 0.717) is 0 Å². The van der Waals surface area contributed by atoms with Crippen LogP contribution in [0, 0.1) is 5.41 Å². The molecule has 0 spiro atoms. The standard InChI is InChI=1S/C13H20F3N3O2/c1-19-7-9(5-18-19)11(12(8-20)3-2-4-12)17-6-10(21)13(14,15)16/h5,7,10-11,17,20-21H,2-4,6,8H2,1H3/t10-,11+/m0/s1. The maximum Gasteiger partial charge on any atom is 0.415 e. The molecule has 1 heterocycles. The molecule has 0 unspecified atom stereocenters. The molecule has 1 saturated carbocycles. The van der Waals surface area contributed by atoms with E-state index in [9.17, 15) is 18.3 Å². The summed E-state index contributed by atoms with van der Waals surface area (Å²) in [6, 6.07) is -0.457. The highest BCUT2D eigenvalue weighted by Crippen LogP contribution is 2.49.